The molecule has 0 spiro atoms. The SMILES string of the molecule is COc1cc(C(=O)CCl)ccc1OS(=O)(=O)c1ccccc1. The van der Waals surface area contributed by atoms with Crippen LogP contribution in [-0.2, 0) is 10.1 Å². The second kappa shape index (κ2) is 6.81. The Balaban J connectivity index is 2.36. The molecular formula is C15H13ClO5S. The zero-order chi connectivity index (χ0) is 16.2. The number of carbonyl (C=O) groups excluding carboxylic acids is 1. The van der Waals surface area contributed by atoms with E-state index < -0.39 is 10.1 Å². The number of methoxy groups -OCH3 is 1. The number of Topliss-reactive ketones (excluding diaryl/α,β-unsaturated/α-hetero) is 1. The third-order valence-electron chi connectivity index (χ3n) is 2.84. The van der Waals surface area contributed by atoms with Gasteiger partial charge in [-0.3, -0.25) is 4.79 Å². The van der Waals surface area contributed by atoms with Crippen molar-refractivity contribution in [2.24, 2.45) is 0 Å². The molecule has 116 valence electrons. The molecule has 0 unspecified atom stereocenters. The summed E-state index contributed by atoms with van der Waals surface area (Å²) in [6.07, 6.45) is 0. The minimum atomic E-state index is -3.98. The molecule has 5 nitrogen and oxygen atoms in total. The molecule has 0 N–H and O–H groups in total. The molecule has 0 aromatic heterocycles. The minimum Gasteiger partial charge on any atom is -0.493 e. The molecule has 0 saturated heterocycles. The summed E-state index contributed by atoms with van der Waals surface area (Å²) in [7, 11) is -2.62. The van der Waals surface area contributed by atoms with Gasteiger partial charge in [0.1, 0.15) is 4.90 Å². The van der Waals surface area contributed by atoms with Crippen LogP contribution >= 0.6 is 11.6 Å². The molecule has 0 aliphatic carbocycles. The Morgan fingerprint density at radius 3 is 2.36 bits per heavy atom. The first-order valence-corrected chi connectivity index (χ1v) is 8.19. The Morgan fingerprint density at radius 2 is 1.77 bits per heavy atom. The summed E-state index contributed by atoms with van der Waals surface area (Å²) >= 11 is 5.49. The van der Waals surface area contributed by atoms with Crippen molar-refractivity contribution < 1.29 is 22.1 Å². The van der Waals surface area contributed by atoms with Crippen LogP contribution in [0.15, 0.2) is 53.4 Å². The smallest absolute Gasteiger partial charge is 0.339 e. The number of ether oxygens (including phenoxy) is 1. The quantitative estimate of drug-likeness (QED) is 0.459. The average molecular weight is 341 g/mol. The Kier molecular flexibility index (Phi) is 5.05. The van der Waals surface area contributed by atoms with E-state index in [0.29, 0.717) is 5.56 Å². The summed E-state index contributed by atoms with van der Waals surface area (Å²) in [5, 5.41) is 0. The molecule has 2 aromatic rings. The summed E-state index contributed by atoms with van der Waals surface area (Å²) in [4.78, 5) is 11.6. The van der Waals surface area contributed by atoms with Crippen molar-refractivity contribution in [1.29, 1.82) is 0 Å². The van der Waals surface area contributed by atoms with Gasteiger partial charge < -0.3 is 8.92 Å². The molecule has 7 heteroatoms. The van der Waals surface area contributed by atoms with Crippen molar-refractivity contribution >= 4 is 27.5 Å². The second-order valence-electron chi connectivity index (χ2n) is 4.27. The van der Waals surface area contributed by atoms with Crippen LogP contribution in [0.3, 0.4) is 0 Å². The number of carbonyl (C=O) groups is 1. The Morgan fingerprint density at radius 1 is 1.09 bits per heavy atom. The number of benzene rings is 2. The number of rotatable bonds is 6. The van der Waals surface area contributed by atoms with Gasteiger partial charge >= 0.3 is 10.1 Å². The first-order chi connectivity index (χ1) is 10.5. The van der Waals surface area contributed by atoms with Gasteiger partial charge in [-0.15, -0.1) is 11.6 Å². The largest absolute Gasteiger partial charge is 0.493 e. The van der Waals surface area contributed by atoms with E-state index in [1.165, 1.54) is 37.4 Å². The molecule has 0 heterocycles. The van der Waals surface area contributed by atoms with Crippen LogP contribution in [0.2, 0.25) is 0 Å². The van der Waals surface area contributed by atoms with Gasteiger partial charge in [0.2, 0.25) is 0 Å². The maximum Gasteiger partial charge on any atom is 0.339 e. The average Bonchev–Trinajstić information content (AvgIpc) is 2.55. The summed E-state index contributed by atoms with van der Waals surface area (Å²) in [6, 6.07) is 11.9. The van der Waals surface area contributed by atoms with Gasteiger partial charge in [0.25, 0.3) is 0 Å². The molecule has 0 bridgehead atoms. The van der Waals surface area contributed by atoms with E-state index in [1.54, 1.807) is 18.2 Å². The van der Waals surface area contributed by atoms with Gasteiger partial charge in [-0.05, 0) is 30.3 Å². The lowest BCUT2D eigenvalue weighted by atomic mass is 10.1. The van der Waals surface area contributed by atoms with Gasteiger partial charge in [0.15, 0.2) is 17.3 Å². The first kappa shape index (κ1) is 16.3. The summed E-state index contributed by atoms with van der Waals surface area (Å²) in [5.74, 6) is -0.337. The normalized spacial score (nSPS) is 11.0. The molecule has 2 rings (SSSR count). The summed E-state index contributed by atoms with van der Waals surface area (Å²) in [5.41, 5.74) is 0.316. The fourth-order valence-corrected chi connectivity index (χ4v) is 2.86. The fraction of sp³-hybridized carbons (Fsp3) is 0.133. The number of hydrogen-bond donors (Lipinski definition) is 0. The minimum absolute atomic E-state index is 0.00234. The Labute approximate surface area is 133 Å². The number of hydrogen-bond acceptors (Lipinski definition) is 5. The summed E-state index contributed by atoms with van der Waals surface area (Å²) < 4.78 is 34.5. The molecule has 22 heavy (non-hydrogen) atoms. The van der Waals surface area contributed by atoms with Crippen LogP contribution in [0.5, 0.6) is 11.5 Å². The van der Waals surface area contributed by atoms with E-state index >= 15 is 0 Å². The molecule has 0 aliphatic rings. The molecule has 0 amide bonds. The molecule has 0 atom stereocenters. The van der Waals surface area contributed by atoms with Crippen molar-refractivity contribution in [2.45, 2.75) is 4.90 Å². The molecule has 0 radical (unpaired) electrons. The topological polar surface area (TPSA) is 69.7 Å². The van der Waals surface area contributed by atoms with Crippen molar-refractivity contribution in [3.63, 3.8) is 0 Å². The van der Waals surface area contributed by atoms with E-state index in [4.69, 9.17) is 20.5 Å². The van der Waals surface area contributed by atoms with Crippen molar-refractivity contribution in [2.75, 3.05) is 13.0 Å². The maximum atomic E-state index is 12.2. The van der Waals surface area contributed by atoms with Crippen LogP contribution in [0.4, 0.5) is 0 Å². The van der Waals surface area contributed by atoms with E-state index in [1.807, 2.05) is 0 Å². The Hall–Kier alpha value is -2.05. The van der Waals surface area contributed by atoms with Crippen LogP contribution < -0.4 is 8.92 Å². The van der Waals surface area contributed by atoms with Crippen LogP contribution in [0.1, 0.15) is 10.4 Å². The second-order valence-corrected chi connectivity index (χ2v) is 6.09. The van der Waals surface area contributed by atoms with Crippen molar-refractivity contribution in [3.8, 4) is 11.5 Å². The summed E-state index contributed by atoms with van der Waals surface area (Å²) in [6.45, 7) is 0. The predicted octanol–water partition coefficient (Wildman–Crippen LogP) is 2.88. The van der Waals surface area contributed by atoms with E-state index in [2.05, 4.69) is 0 Å². The van der Waals surface area contributed by atoms with E-state index in [-0.39, 0.29) is 28.1 Å². The van der Waals surface area contributed by atoms with Gasteiger partial charge in [0.05, 0.1) is 13.0 Å². The third kappa shape index (κ3) is 3.58. The van der Waals surface area contributed by atoms with Gasteiger partial charge in [-0.2, -0.15) is 8.42 Å². The van der Waals surface area contributed by atoms with E-state index in [0.717, 1.165) is 0 Å². The molecule has 0 fully saturated rings. The predicted molar refractivity (Wildman–Crippen MR) is 82.3 cm³/mol. The number of halogens is 1. The van der Waals surface area contributed by atoms with Gasteiger partial charge in [-0.25, -0.2) is 0 Å². The zero-order valence-corrected chi connectivity index (χ0v) is 13.2. The monoisotopic (exact) mass is 340 g/mol. The number of alkyl halides is 1. The standard InChI is InChI=1S/C15H13ClO5S/c1-20-15-9-11(13(17)10-16)7-8-14(15)21-22(18,19)12-5-3-2-4-6-12/h2-9H,10H2,1H3. The molecule has 0 aliphatic heterocycles. The highest BCUT2D eigenvalue weighted by Crippen LogP contribution is 2.31. The molecule has 0 saturated carbocycles. The van der Waals surface area contributed by atoms with Gasteiger partial charge in [0, 0.05) is 5.56 Å². The van der Waals surface area contributed by atoms with Crippen molar-refractivity contribution in [3.05, 3.63) is 54.1 Å². The van der Waals surface area contributed by atoms with Crippen LogP contribution in [0, 0.1) is 0 Å². The fourth-order valence-electron chi connectivity index (χ4n) is 1.74. The van der Waals surface area contributed by atoms with Gasteiger partial charge in [-0.1, -0.05) is 18.2 Å². The van der Waals surface area contributed by atoms with E-state index in [9.17, 15) is 13.2 Å². The van der Waals surface area contributed by atoms with Crippen LogP contribution in [-0.4, -0.2) is 27.2 Å². The Bertz CT molecular complexity index is 772. The zero-order valence-electron chi connectivity index (χ0n) is 11.7. The van der Waals surface area contributed by atoms with Crippen LogP contribution in [0.25, 0.3) is 0 Å². The lowest BCUT2D eigenvalue weighted by Gasteiger charge is -2.11. The highest BCUT2D eigenvalue weighted by molar-refractivity contribution is 7.87. The molecular weight excluding hydrogens is 328 g/mol. The maximum absolute atomic E-state index is 12.2. The highest BCUT2D eigenvalue weighted by atomic mass is 35.5. The molecule has 2 aromatic carbocycles. The number of ketones is 1. The third-order valence-corrected chi connectivity index (χ3v) is 4.33. The first-order valence-electron chi connectivity index (χ1n) is 6.24. The lowest BCUT2D eigenvalue weighted by molar-refractivity contribution is 0.102. The lowest BCUT2D eigenvalue weighted by Crippen LogP contribution is -2.11. The highest BCUT2D eigenvalue weighted by Gasteiger charge is 2.19. The van der Waals surface area contributed by atoms with Crippen molar-refractivity contribution in [1.82, 2.24) is 0 Å².